The third-order valence-corrected chi connectivity index (χ3v) is 9.73. The molecule has 160 valence electrons. The highest BCUT2D eigenvalue weighted by atomic mass is 32.1. The second-order valence-corrected chi connectivity index (χ2v) is 9.91. The summed E-state index contributed by atoms with van der Waals surface area (Å²) in [7, 11) is -2.13. The van der Waals surface area contributed by atoms with Crippen LogP contribution < -0.4 is 10.6 Å². The lowest BCUT2D eigenvalue weighted by Crippen LogP contribution is -2.39. The summed E-state index contributed by atoms with van der Waals surface area (Å²) in [5.74, 6) is 0. The van der Waals surface area contributed by atoms with E-state index in [1.807, 2.05) is 0 Å². The normalized spacial score (nSPS) is 12.0. The van der Waals surface area contributed by atoms with Gasteiger partial charge in [-0.05, 0) is 25.3 Å². The van der Waals surface area contributed by atoms with Gasteiger partial charge < -0.3 is 10.2 Å². The monoisotopic (exact) mass is 425 g/mol. The Bertz CT molecular complexity index is 594. The van der Waals surface area contributed by atoms with Gasteiger partial charge in [0.2, 0.25) is 0 Å². The summed E-state index contributed by atoms with van der Waals surface area (Å²) in [4.78, 5) is 2.39. The molecule has 1 aromatic carbocycles. The number of hydrogen-bond donors (Lipinski definition) is 1. The van der Waals surface area contributed by atoms with E-state index >= 15 is 0 Å². The largest absolute Gasteiger partial charge is 0.360 e. The topological polar surface area (TPSA) is 34.1 Å². The van der Waals surface area contributed by atoms with E-state index in [4.69, 9.17) is 17.0 Å². The molecule has 1 rings (SSSR count). The van der Waals surface area contributed by atoms with Gasteiger partial charge in [0.1, 0.15) is 7.36 Å². The third kappa shape index (κ3) is 6.36. The molecule has 1 aromatic rings. The maximum atomic E-state index is 5.73. The van der Waals surface area contributed by atoms with Crippen molar-refractivity contribution in [3.05, 3.63) is 30.3 Å². The van der Waals surface area contributed by atoms with Crippen molar-refractivity contribution in [3.63, 3.8) is 0 Å². The maximum absolute atomic E-state index is 5.73. The minimum absolute atomic E-state index is 0.628. The molecule has 0 saturated carbocycles. The van der Waals surface area contributed by atoms with E-state index in [1.165, 1.54) is 5.30 Å². The van der Waals surface area contributed by atoms with E-state index in [-0.39, 0.29) is 0 Å². The fraction of sp³-hybridized carbons (Fsp3) is 0.667. The smallest absolute Gasteiger partial charge is 0.194 e. The minimum Gasteiger partial charge on any atom is -0.360 e. The zero-order chi connectivity index (χ0) is 21.0. The fourth-order valence-electron chi connectivity index (χ4n) is 3.58. The molecule has 0 aliphatic rings. The van der Waals surface area contributed by atoms with Crippen molar-refractivity contribution in [2.75, 3.05) is 52.4 Å². The molecule has 0 aromatic heterocycles. The Morgan fingerprint density at radius 3 is 1.79 bits per heavy atom. The molecule has 0 unspecified atom stereocenters. The van der Waals surface area contributed by atoms with Gasteiger partial charge in [-0.1, -0.05) is 71.9 Å². The summed E-state index contributed by atoms with van der Waals surface area (Å²) in [6.45, 7) is 21.0. The van der Waals surface area contributed by atoms with Gasteiger partial charge in [-0.15, -0.1) is 0 Å². The van der Waals surface area contributed by atoms with Crippen molar-refractivity contribution in [2.45, 2.75) is 41.5 Å². The van der Waals surface area contributed by atoms with Crippen LogP contribution in [-0.2, 0) is 0 Å². The lowest BCUT2D eigenvalue weighted by atomic mass is 10.4. The molecule has 0 amide bonds. The SMILES string of the molecule is CCN(CC)CCNC(=S)N=P(c1ccccc1)(N(CC)CC)N(CC)CC. The second kappa shape index (κ2) is 13.4. The first-order valence-corrected chi connectivity index (χ1v) is 12.8. The van der Waals surface area contributed by atoms with Crippen LogP contribution in [-0.4, -0.2) is 71.7 Å². The van der Waals surface area contributed by atoms with Crippen LogP contribution in [0.5, 0.6) is 0 Å². The predicted molar refractivity (Wildman–Crippen MR) is 130 cm³/mol. The van der Waals surface area contributed by atoms with E-state index in [0.717, 1.165) is 52.4 Å². The van der Waals surface area contributed by atoms with Crippen LogP contribution in [0.25, 0.3) is 0 Å². The molecule has 5 nitrogen and oxygen atoms in total. The van der Waals surface area contributed by atoms with Crippen LogP contribution >= 0.6 is 19.6 Å². The van der Waals surface area contributed by atoms with Crippen LogP contribution in [0.1, 0.15) is 41.5 Å². The lowest BCUT2D eigenvalue weighted by Gasteiger charge is -2.43. The molecular weight excluding hydrogens is 385 g/mol. The van der Waals surface area contributed by atoms with Gasteiger partial charge in [0.25, 0.3) is 0 Å². The molecule has 0 heterocycles. The Labute approximate surface area is 178 Å². The second-order valence-electron chi connectivity index (χ2n) is 6.54. The van der Waals surface area contributed by atoms with Crippen molar-refractivity contribution in [3.8, 4) is 0 Å². The summed E-state index contributed by atoms with van der Waals surface area (Å²) in [5.41, 5.74) is 0. The molecule has 0 aliphatic carbocycles. The molecule has 0 bridgehead atoms. The van der Waals surface area contributed by atoms with Crippen LogP contribution in [0, 0.1) is 0 Å². The molecule has 0 atom stereocenters. The summed E-state index contributed by atoms with van der Waals surface area (Å²) in [5, 5.41) is 5.31. The molecule has 0 spiro atoms. The van der Waals surface area contributed by atoms with Crippen molar-refractivity contribution < 1.29 is 0 Å². The van der Waals surface area contributed by atoms with Gasteiger partial charge in [0, 0.05) is 44.6 Å². The highest BCUT2D eigenvalue weighted by molar-refractivity contribution is 7.81. The Morgan fingerprint density at radius 1 is 0.857 bits per heavy atom. The first-order chi connectivity index (χ1) is 13.5. The first kappa shape index (κ1) is 25.3. The van der Waals surface area contributed by atoms with E-state index in [0.29, 0.717) is 5.11 Å². The number of rotatable bonds is 12. The Morgan fingerprint density at radius 2 is 1.36 bits per heavy atom. The molecule has 0 saturated heterocycles. The van der Waals surface area contributed by atoms with E-state index in [2.05, 4.69) is 91.4 Å². The third-order valence-electron chi connectivity index (χ3n) is 5.18. The molecule has 28 heavy (non-hydrogen) atoms. The predicted octanol–water partition coefficient (Wildman–Crippen LogP) is 4.24. The first-order valence-electron chi connectivity index (χ1n) is 10.7. The summed E-state index contributed by atoms with van der Waals surface area (Å²) in [6, 6.07) is 10.7. The zero-order valence-corrected chi connectivity index (χ0v) is 20.4. The Kier molecular flexibility index (Phi) is 12.1. The van der Waals surface area contributed by atoms with E-state index in [1.54, 1.807) is 0 Å². The maximum Gasteiger partial charge on any atom is 0.194 e. The number of nitrogens with one attached hydrogen (secondary N) is 1. The Hall–Kier alpha value is -0.780. The Balaban J connectivity index is 3.35. The number of nitrogens with zero attached hydrogens (tertiary/aromatic N) is 4. The van der Waals surface area contributed by atoms with Gasteiger partial charge in [0.15, 0.2) is 5.11 Å². The summed E-state index contributed by atoms with van der Waals surface area (Å²) >= 11 is 5.73. The van der Waals surface area contributed by atoms with E-state index in [9.17, 15) is 0 Å². The van der Waals surface area contributed by atoms with Crippen LogP contribution in [0.3, 0.4) is 0 Å². The average molecular weight is 426 g/mol. The number of hydrogen-bond acceptors (Lipinski definition) is 2. The number of benzene rings is 1. The molecule has 0 aliphatic heterocycles. The number of likely N-dealkylation sites (N-methyl/N-ethyl adjacent to an activating group) is 1. The van der Waals surface area contributed by atoms with Crippen molar-refractivity contribution in [2.24, 2.45) is 4.74 Å². The fourth-order valence-corrected chi connectivity index (χ4v) is 7.87. The van der Waals surface area contributed by atoms with Gasteiger partial charge >= 0.3 is 0 Å². The zero-order valence-electron chi connectivity index (χ0n) is 18.7. The number of thiocarbonyl (C=S) groups is 1. The van der Waals surface area contributed by atoms with Gasteiger partial charge in [0.05, 0.1) is 0 Å². The standard InChI is InChI=1S/C21H40N5PS/c1-7-24(8-2)19-18-22-21(28)23-27(25(9-3)10-4,26(11-5)12-6)20-16-14-13-15-17-20/h13-17H,7-12,18-19H2,1-6H3,(H,22,28). The molecule has 0 fully saturated rings. The lowest BCUT2D eigenvalue weighted by molar-refractivity contribution is 0.308. The molecule has 0 radical (unpaired) electrons. The molecular formula is C21H40N5PS. The van der Waals surface area contributed by atoms with Gasteiger partial charge in [-0.3, -0.25) is 9.34 Å². The van der Waals surface area contributed by atoms with Crippen molar-refractivity contribution >= 4 is 30.0 Å². The molecule has 1 N–H and O–H groups in total. The summed E-state index contributed by atoms with van der Waals surface area (Å²) < 4.78 is 10.3. The van der Waals surface area contributed by atoms with E-state index < -0.39 is 7.36 Å². The average Bonchev–Trinajstić information content (AvgIpc) is 2.73. The van der Waals surface area contributed by atoms with Gasteiger partial charge in [-0.2, -0.15) is 0 Å². The highest BCUT2D eigenvalue weighted by Crippen LogP contribution is 2.55. The highest BCUT2D eigenvalue weighted by Gasteiger charge is 2.34. The minimum atomic E-state index is -2.13. The van der Waals surface area contributed by atoms with Crippen LogP contribution in [0.2, 0.25) is 0 Å². The quantitative estimate of drug-likeness (QED) is 0.400. The van der Waals surface area contributed by atoms with Crippen molar-refractivity contribution in [1.29, 1.82) is 0 Å². The van der Waals surface area contributed by atoms with Crippen LogP contribution in [0.4, 0.5) is 0 Å². The molecule has 7 heteroatoms. The van der Waals surface area contributed by atoms with Crippen LogP contribution in [0.15, 0.2) is 35.1 Å². The van der Waals surface area contributed by atoms with Crippen molar-refractivity contribution in [1.82, 2.24) is 19.6 Å². The summed E-state index contributed by atoms with van der Waals surface area (Å²) in [6.07, 6.45) is 0. The van der Waals surface area contributed by atoms with Gasteiger partial charge in [-0.25, -0.2) is 4.74 Å².